The minimum absolute atomic E-state index is 0.0509. The molecule has 0 unspecified atom stereocenters. The van der Waals surface area contributed by atoms with Gasteiger partial charge in [0, 0.05) is 6.54 Å². The summed E-state index contributed by atoms with van der Waals surface area (Å²) in [6, 6.07) is 13.5. The molecule has 13 heteroatoms. The Labute approximate surface area is 230 Å². The Hall–Kier alpha value is -4.78. The summed E-state index contributed by atoms with van der Waals surface area (Å²) in [6.45, 7) is 4.71. The SMILES string of the molecule is COc1cc(/C=N/NC(=O)c2nnn(-c3nonc3N)c2CN2CCCCC2)ccc1OCc1ccc(C)cc1. The van der Waals surface area contributed by atoms with Crippen LogP contribution in [0.5, 0.6) is 11.5 Å². The summed E-state index contributed by atoms with van der Waals surface area (Å²) in [5.74, 6) is 0.862. The highest BCUT2D eigenvalue weighted by Gasteiger charge is 2.26. The number of hydrazone groups is 1. The van der Waals surface area contributed by atoms with E-state index >= 15 is 0 Å². The highest BCUT2D eigenvalue weighted by atomic mass is 16.6. The molecule has 208 valence electrons. The van der Waals surface area contributed by atoms with E-state index < -0.39 is 5.91 Å². The number of piperidine rings is 1. The van der Waals surface area contributed by atoms with Gasteiger partial charge in [0.25, 0.3) is 5.91 Å². The van der Waals surface area contributed by atoms with Gasteiger partial charge in [-0.1, -0.05) is 41.5 Å². The Kier molecular flexibility index (Phi) is 8.30. The van der Waals surface area contributed by atoms with E-state index in [2.05, 4.69) is 36.1 Å². The molecule has 0 bridgehead atoms. The number of hydrogen-bond donors (Lipinski definition) is 2. The second kappa shape index (κ2) is 12.4. The van der Waals surface area contributed by atoms with E-state index in [0.29, 0.717) is 35.9 Å². The molecule has 0 aliphatic carbocycles. The Morgan fingerprint density at radius 2 is 1.93 bits per heavy atom. The van der Waals surface area contributed by atoms with Crippen molar-refractivity contribution in [3.63, 3.8) is 0 Å². The molecular formula is C27H31N9O4. The normalized spacial score (nSPS) is 13.9. The first kappa shape index (κ1) is 26.8. The first-order valence-corrected chi connectivity index (χ1v) is 13.0. The summed E-state index contributed by atoms with van der Waals surface area (Å²) in [7, 11) is 1.57. The molecule has 13 nitrogen and oxygen atoms in total. The average molecular weight is 546 g/mol. The zero-order valence-electron chi connectivity index (χ0n) is 22.4. The number of aromatic nitrogens is 5. The number of carbonyl (C=O) groups excluding carboxylic acids is 1. The van der Waals surface area contributed by atoms with Crippen LogP contribution < -0.4 is 20.6 Å². The van der Waals surface area contributed by atoms with Crippen LogP contribution in [-0.2, 0) is 13.2 Å². The molecule has 1 amide bonds. The second-order valence-electron chi connectivity index (χ2n) is 9.49. The van der Waals surface area contributed by atoms with E-state index in [1.54, 1.807) is 19.2 Å². The minimum atomic E-state index is -0.519. The molecule has 1 aliphatic rings. The third-order valence-electron chi connectivity index (χ3n) is 6.58. The van der Waals surface area contributed by atoms with Crippen LogP contribution in [0.2, 0.25) is 0 Å². The van der Waals surface area contributed by atoms with Crippen LogP contribution in [0.15, 0.2) is 52.2 Å². The fourth-order valence-electron chi connectivity index (χ4n) is 4.40. The van der Waals surface area contributed by atoms with Gasteiger partial charge >= 0.3 is 0 Å². The molecular weight excluding hydrogens is 514 g/mol. The molecule has 0 saturated carbocycles. The molecule has 3 N–H and O–H groups in total. The van der Waals surface area contributed by atoms with Crippen molar-refractivity contribution in [2.24, 2.45) is 5.10 Å². The zero-order chi connectivity index (χ0) is 27.9. The number of benzene rings is 2. The van der Waals surface area contributed by atoms with Crippen LogP contribution >= 0.6 is 0 Å². The molecule has 1 aliphatic heterocycles. The van der Waals surface area contributed by atoms with E-state index in [1.807, 2.05) is 37.3 Å². The van der Waals surface area contributed by atoms with E-state index in [1.165, 1.54) is 22.9 Å². The molecule has 0 spiro atoms. The lowest BCUT2D eigenvalue weighted by Crippen LogP contribution is -2.31. The van der Waals surface area contributed by atoms with Gasteiger partial charge in [-0.25, -0.2) is 10.1 Å². The van der Waals surface area contributed by atoms with Gasteiger partial charge in [-0.2, -0.15) is 9.78 Å². The van der Waals surface area contributed by atoms with Crippen molar-refractivity contribution < 1.29 is 18.9 Å². The highest BCUT2D eigenvalue weighted by Crippen LogP contribution is 2.28. The van der Waals surface area contributed by atoms with Crippen molar-refractivity contribution >= 4 is 17.9 Å². The number of nitrogens with one attached hydrogen (secondary N) is 1. The van der Waals surface area contributed by atoms with Gasteiger partial charge in [-0.3, -0.25) is 9.69 Å². The number of likely N-dealkylation sites (tertiary alicyclic amines) is 1. The van der Waals surface area contributed by atoms with Gasteiger partial charge < -0.3 is 15.2 Å². The standard InChI is InChI=1S/C27H31N9O4/c1-18-6-8-19(9-7-18)17-39-22-11-10-20(14-23(22)38-2)15-29-31-27(37)24-21(16-35-12-4-3-5-13-35)36(34-30-24)26-25(28)32-40-33-26/h6-11,14-15H,3-5,12-13,16-17H2,1-2H3,(H2,28,32)(H,31,37)/b29-15+. The Balaban J connectivity index is 1.28. The Morgan fingerprint density at radius 3 is 2.65 bits per heavy atom. The van der Waals surface area contributed by atoms with E-state index in [-0.39, 0.29) is 17.3 Å². The molecule has 5 rings (SSSR count). The molecule has 1 saturated heterocycles. The van der Waals surface area contributed by atoms with Crippen LogP contribution in [0.1, 0.15) is 52.1 Å². The monoisotopic (exact) mass is 545 g/mol. The second-order valence-corrected chi connectivity index (χ2v) is 9.49. The van der Waals surface area contributed by atoms with E-state index in [0.717, 1.165) is 31.5 Å². The third kappa shape index (κ3) is 6.26. The van der Waals surface area contributed by atoms with Crippen LogP contribution in [0.25, 0.3) is 5.82 Å². The molecule has 2 aromatic carbocycles. The van der Waals surface area contributed by atoms with E-state index in [4.69, 9.17) is 19.8 Å². The van der Waals surface area contributed by atoms with Gasteiger partial charge in [-0.15, -0.1) is 5.10 Å². The number of hydrogen-bond acceptors (Lipinski definition) is 11. The lowest BCUT2D eigenvalue weighted by atomic mass is 10.1. The molecule has 40 heavy (non-hydrogen) atoms. The lowest BCUT2D eigenvalue weighted by molar-refractivity contribution is 0.0947. The summed E-state index contributed by atoms with van der Waals surface area (Å²) < 4.78 is 17.6. The predicted octanol–water partition coefficient (Wildman–Crippen LogP) is 2.88. The van der Waals surface area contributed by atoms with Crippen molar-refractivity contribution in [2.45, 2.75) is 39.3 Å². The minimum Gasteiger partial charge on any atom is -0.493 e. The maximum atomic E-state index is 13.1. The van der Waals surface area contributed by atoms with E-state index in [9.17, 15) is 4.79 Å². The van der Waals surface area contributed by atoms with Gasteiger partial charge in [0.2, 0.25) is 11.6 Å². The number of nitrogen functional groups attached to an aromatic ring is 1. The summed E-state index contributed by atoms with van der Waals surface area (Å²) in [4.78, 5) is 15.3. The molecule has 0 radical (unpaired) electrons. The lowest BCUT2D eigenvalue weighted by Gasteiger charge is -2.26. The summed E-state index contributed by atoms with van der Waals surface area (Å²) in [5.41, 5.74) is 12.0. The number of ether oxygens (including phenoxy) is 2. The van der Waals surface area contributed by atoms with Crippen molar-refractivity contribution in [1.29, 1.82) is 0 Å². The number of rotatable bonds is 10. The fraction of sp³-hybridized carbons (Fsp3) is 0.333. The van der Waals surface area contributed by atoms with Crippen molar-refractivity contribution in [3.8, 4) is 17.3 Å². The fourth-order valence-corrected chi connectivity index (χ4v) is 4.40. The number of methoxy groups -OCH3 is 1. The van der Waals surface area contributed by atoms with Gasteiger partial charge in [0.1, 0.15) is 6.61 Å². The molecule has 4 aromatic rings. The highest BCUT2D eigenvalue weighted by molar-refractivity contribution is 5.94. The summed E-state index contributed by atoms with van der Waals surface area (Å²) in [6.07, 6.45) is 4.86. The first-order chi connectivity index (χ1) is 19.5. The number of nitrogens with zero attached hydrogens (tertiary/aromatic N) is 7. The largest absolute Gasteiger partial charge is 0.493 e. The number of nitrogens with two attached hydrogens (primary N) is 1. The number of amides is 1. The maximum Gasteiger partial charge on any atom is 0.293 e. The number of anilines is 1. The molecule has 3 heterocycles. The van der Waals surface area contributed by atoms with Crippen LogP contribution in [0.4, 0.5) is 5.82 Å². The number of carbonyl (C=O) groups is 1. The summed E-state index contributed by atoms with van der Waals surface area (Å²) in [5, 5.41) is 19.7. The molecule has 1 fully saturated rings. The Bertz CT molecular complexity index is 1470. The third-order valence-corrected chi connectivity index (χ3v) is 6.58. The smallest absolute Gasteiger partial charge is 0.293 e. The average Bonchev–Trinajstić information content (AvgIpc) is 3.59. The van der Waals surface area contributed by atoms with Crippen LogP contribution in [-0.4, -0.2) is 62.5 Å². The van der Waals surface area contributed by atoms with Crippen molar-refractivity contribution in [1.82, 2.24) is 35.6 Å². The van der Waals surface area contributed by atoms with Crippen molar-refractivity contribution in [2.75, 3.05) is 25.9 Å². The van der Waals surface area contributed by atoms with Gasteiger partial charge in [0.15, 0.2) is 17.2 Å². The Morgan fingerprint density at radius 1 is 1.12 bits per heavy atom. The molecule has 2 aromatic heterocycles. The van der Waals surface area contributed by atoms with Crippen molar-refractivity contribution in [3.05, 3.63) is 70.5 Å². The molecule has 0 atom stereocenters. The number of aryl methyl sites for hydroxylation is 1. The predicted molar refractivity (Wildman–Crippen MR) is 146 cm³/mol. The van der Waals surface area contributed by atoms with Crippen LogP contribution in [0, 0.1) is 6.92 Å². The first-order valence-electron chi connectivity index (χ1n) is 13.0. The van der Waals surface area contributed by atoms with Crippen LogP contribution in [0.3, 0.4) is 0 Å². The summed E-state index contributed by atoms with van der Waals surface area (Å²) >= 11 is 0. The van der Waals surface area contributed by atoms with Gasteiger partial charge in [0.05, 0.1) is 19.0 Å². The quantitative estimate of drug-likeness (QED) is 0.224. The topological polar surface area (TPSA) is 159 Å². The zero-order valence-corrected chi connectivity index (χ0v) is 22.4. The van der Waals surface area contributed by atoms with Gasteiger partial charge in [-0.05, 0) is 72.5 Å². The maximum absolute atomic E-state index is 13.1.